The number of aromatic nitrogens is 1. The second kappa shape index (κ2) is 5.22. The first-order valence-corrected chi connectivity index (χ1v) is 5.48. The van der Waals surface area contributed by atoms with Gasteiger partial charge in [-0.25, -0.2) is 4.98 Å². The number of hydrogen-bond acceptors (Lipinski definition) is 5. The maximum Gasteiger partial charge on any atom is 0.252 e. The number of nitrogens with two attached hydrogens (primary N) is 2. The molecule has 0 fully saturated rings. The van der Waals surface area contributed by atoms with Crippen molar-refractivity contribution in [2.45, 2.75) is 6.42 Å². The van der Waals surface area contributed by atoms with E-state index in [9.17, 15) is 4.79 Å². The van der Waals surface area contributed by atoms with Crippen molar-refractivity contribution in [3.05, 3.63) is 42.0 Å². The topological polar surface area (TPSA) is 107 Å². The normalized spacial score (nSPS) is 10.2. The minimum absolute atomic E-state index is 0.287. The molecule has 0 aromatic carbocycles. The molecule has 18 heavy (non-hydrogen) atoms. The van der Waals surface area contributed by atoms with Gasteiger partial charge in [-0.2, -0.15) is 0 Å². The number of anilines is 2. The lowest BCUT2D eigenvalue weighted by Gasteiger charge is -2.08. The highest BCUT2D eigenvalue weighted by molar-refractivity contribution is 5.98. The number of rotatable bonds is 5. The Labute approximate surface area is 104 Å². The Morgan fingerprint density at radius 3 is 3.00 bits per heavy atom. The van der Waals surface area contributed by atoms with Gasteiger partial charge in [0.2, 0.25) is 0 Å². The summed E-state index contributed by atoms with van der Waals surface area (Å²) in [4.78, 5) is 15.3. The Morgan fingerprint density at radius 1 is 1.50 bits per heavy atom. The molecule has 0 aliphatic carbocycles. The zero-order chi connectivity index (χ0) is 13.0. The number of furan rings is 1. The summed E-state index contributed by atoms with van der Waals surface area (Å²) in [5, 5.41) is 3.03. The quantitative estimate of drug-likeness (QED) is 0.729. The Bertz CT molecular complexity index is 537. The summed E-state index contributed by atoms with van der Waals surface area (Å²) in [7, 11) is 0. The second-order valence-electron chi connectivity index (χ2n) is 3.79. The Hall–Kier alpha value is -2.50. The maximum atomic E-state index is 11.2. The number of carbonyl (C=O) groups is 1. The van der Waals surface area contributed by atoms with Crippen LogP contribution in [0.1, 0.15) is 16.1 Å². The smallest absolute Gasteiger partial charge is 0.252 e. The first-order chi connectivity index (χ1) is 8.66. The standard InChI is InChI=1S/C12H14N4O2/c13-8-6-10(11(14)17)12(16-7-8)15-4-3-9-2-1-5-18-9/h1-2,5-7H,3-4,13H2,(H2,14,17)(H,15,16). The maximum absolute atomic E-state index is 11.2. The van der Waals surface area contributed by atoms with Crippen LogP contribution < -0.4 is 16.8 Å². The van der Waals surface area contributed by atoms with E-state index in [0.717, 1.165) is 5.76 Å². The SMILES string of the molecule is NC(=O)c1cc(N)cnc1NCCc1ccco1. The fourth-order valence-corrected chi connectivity index (χ4v) is 1.57. The average Bonchev–Trinajstić information content (AvgIpc) is 2.84. The molecule has 0 radical (unpaired) electrons. The summed E-state index contributed by atoms with van der Waals surface area (Å²) in [6, 6.07) is 5.21. The molecule has 0 unspecified atom stereocenters. The number of nitrogens with zero attached hydrogens (tertiary/aromatic N) is 1. The summed E-state index contributed by atoms with van der Waals surface area (Å²) >= 11 is 0. The van der Waals surface area contributed by atoms with Crippen LogP contribution in [0.15, 0.2) is 35.1 Å². The van der Waals surface area contributed by atoms with Gasteiger partial charge in [0.25, 0.3) is 5.91 Å². The van der Waals surface area contributed by atoms with Crippen LogP contribution in [-0.4, -0.2) is 17.4 Å². The Morgan fingerprint density at radius 2 is 2.33 bits per heavy atom. The molecule has 5 N–H and O–H groups in total. The molecule has 2 rings (SSSR count). The molecule has 6 nitrogen and oxygen atoms in total. The third kappa shape index (κ3) is 2.79. The summed E-state index contributed by atoms with van der Waals surface area (Å²) in [6.07, 6.45) is 3.78. The second-order valence-corrected chi connectivity index (χ2v) is 3.79. The predicted octanol–water partition coefficient (Wildman–Crippen LogP) is 1.01. The van der Waals surface area contributed by atoms with E-state index in [-0.39, 0.29) is 5.56 Å². The van der Waals surface area contributed by atoms with Gasteiger partial charge < -0.3 is 21.2 Å². The monoisotopic (exact) mass is 246 g/mol. The van der Waals surface area contributed by atoms with E-state index in [1.807, 2.05) is 12.1 Å². The van der Waals surface area contributed by atoms with Crippen molar-refractivity contribution in [3.8, 4) is 0 Å². The number of nitrogens with one attached hydrogen (secondary N) is 1. The van der Waals surface area contributed by atoms with E-state index in [1.54, 1.807) is 6.26 Å². The van der Waals surface area contributed by atoms with Crippen molar-refractivity contribution in [1.29, 1.82) is 0 Å². The number of primary amides is 1. The largest absolute Gasteiger partial charge is 0.469 e. The van der Waals surface area contributed by atoms with Gasteiger partial charge in [-0.05, 0) is 18.2 Å². The van der Waals surface area contributed by atoms with E-state index in [0.29, 0.717) is 24.5 Å². The lowest BCUT2D eigenvalue weighted by Crippen LogP contribution is -2.17. The molecule has 2 aromatic heterocycles. The van der Waals surface area contributed by atoms with Crippen molar-refractivity contribution >= 4 is 17.4 Å². The molecule has 94 valence electrons. The van der Waals surface area contributed by atoms with E-state index in [1.165, 1.54) is 12.3 Å². The molecule has 6 heteroatoms. The zero-order valence-corrected chi connectivity index (χ0v) is 9.72. The molecule has 0 aliphatic rings. The van der Waals surface area contributed by atoms with Crippen LogP contribution in [0.25, 0.3) is 0 Å². The number of pyridine rings is 1. The molecule has 0 saturated carbocycles. The van der Waals surface area contributed by atoms with Gasteiger partial charge in [-0.1, -0.05) is 0 Å². The summed E-state index contributed by atoms with van der Waals surface area (Å²) in [5.74, 6) is 0.733. The summed E-state index contributed by atoms with van der Waals surface area (Å²) in [6.45, 7) is 0.588. The minimum Gasteiger partial charge on any atom is -0.469 e. The first-order valence-electron chi connectivity index (χ1n) is 5.48. The lowest BCUT2D eigenvalue weighted by molar-refractivity contribution is 0.100. The van der Waals surface area contributed by atoms with Crippen LogP contribution in [0.3, 0.4) is 0 Å². The highest BCUT2D eigenvalue weighted by Crippen LogP contribution is 2.14. The van der Waals surface area contributed by atoms with E-state index in [4.69, 9.17) is 15.9 Å². The third-order valence-corrected chi connectivity index (χ3v) is 2.42. The molecule has 2 heterocycles. The van der Waals surface area contributed by atoms with Crippen molar-refractivity contribution in [1.82, 2.24) is 4.98 Å². The van der Waals surface area contributed by atoms with Crippen LogP contribution in [0, 0.1) is 0 Å². The molecule has 0 atom stereocenters. The molecule has 0 aliphatic heterocycles. The molecular formula is C12H14N4O2. The fourth-order valence-electron chi connectivity index (χ4n) is 1.57. The Balaban J connectivity index is 2.02. The van der Waals surface area contributed by atoms with Gasteiger partial charge in [0.05, 0.1) is 23.7 Å². The van der Waals surface area contributed by atoms with Crippen LogP contribution in [0.2, 0.25) is 0 Å². The lowest BCUT2D eigenvalue weighted by atomic mass is 10.2. The minimum atomic E-state index is -0.560. The van der Waals surface area contributed by atoms with Crippen LogP contribution in [-0.2, 0) is 6.42 Å². The zero-order valence-electron chi connectivity index (χ0n) is 9.72. The van der Waals surface area contributed by atoms with E-state index < -0.39 is 5.91 Å². The third-order valence-electron chi connectivity index (χ3n) is 2.42. The number of carbonyl (C=O) groups excluding carboxylic acids is 1. The molecule has 0 saturated heterocycles. The van der Waals surface area contributed by atoms with Crippen LogP contribution in [0.4, 0.5) is 11.5 Å². The molecule has 0 bridgehead atoms. The van der Waals surface area contributed by atoms with Crippen molar-refractivity contribution in [2.24, 2.45) is 5.73 Å². The van der Waals surface area contributed by atoms with Crippen molar-refractivity contribution in [3.63, 3.8) is 0 Å². The van der Waals surface area contributed by atoms with E-state index >= 15 is 0 Å². The Kier molecular flexibility index (Phi) is 3.47. The number of nitrogen functional groups attached to an aromatic ring is 1. The van der Waals surface area contributed by atoms with Gasteiger partial charge in [0, 0.05) is 13.0 Å². The molecule has 1 amide bonds. The summed E-state index contributed by atoms with van der Waals surface area (Å²) in [5.41, 5.74) is 11.5. The van der Waals surface area contributed by atoms with Gasteiger partial charge in [-0.3, -0.25) is 4.79 Å². The van der Waals surface area contributed by atoms with E-state index in [2.05, 4.69) is 10.3 Å². The van der Waals surface area contributed by atoms with Crippen molar-refractivity contribution < 1.29 is 9.21 Å². The van der Waals surface area contributed by atoms with Gasteiger partial charge >= 0.3 is 0 Å². The van der Waals surface area contributed by atoms with Gasteiger partial charge in [-0.15, -0.1) is 0 Å². The van der Waals surface area contributed by atoms with Crippen LogP contribution >= 0.6 is 0 Å². The highest BCUT2D eigenvalue weighted by atomic mass is 16.3. The van der Waals surface area contributed by atoms with Crippen LogP contribution in [0.5, 0.6) is 0 Å². The molecule has 2 aromatic rings. The van der Waals surface area contributed by atoms with Gasteiger partial charge in [0.1, 0.15) is 11.6 Å². The number of hydrogen-bond donors (Lipinski definition) is 3. The molecular weight excluding hydrogens is 232 g/mol. The number of amides is 1. The highest BCUT2D eigenvalue weighted by Gasteiger charge is 2.09. The predicted molar refractivity (Wildman–Crippen MR) is 68.1 cm³/mol. The average molecular weight is 246 g/mol. The van der Waals surface area contributed by atoms with Crippen molar-refractivity contribution in [2.75, 3.05) is 17.6 Å². The van der Waals surface area contributed by atoms with Gasteiger partial charge in [0.15, 0.2) is 0 Å². The first kappa shape index (κ1) is 12.0. The fraction of sp³-hybridized carbons (Fsp3) is 0.167. The molecule has 0 spiro atoms. The summed E-state index contributed by atoms with van der Waals surface area (Å²) < 4.78 is 5.20.